The summed E-state index contributed by atoms with van der Waals surface area (Å²) in [6, 6.07) is 5.41. The molecule has 4 rings (SSSR count). The summed E-state index contributed by atoms with van der Waals surface area (Å²) in [6.45, 7) is 7.63. The van der Waals surface area contributed by atoms with Crippen LogP contribution >= 0.6 is 0 Å². The zero-order chi connectivity index (χ0) is 22.2. The van der Waals surface area contributed by atoms with Gasteiger partial charge >= 0.3 is 0 Å². The molecule has 2 fully saturated rings. The third-order valence-corrected chi connectivity index (χ3v) is 6.50. The highest BCUT2D eigenvalue weighted by atomic mass is 16.5. The Hall–Kier alpha value is -2.45. The number of carbonyl (C=O) groups is 3. The van der Waals surface area contributed by atoms with Crippen LogP contribution in [0.1, 0.15) is 47.4 Å². The van der Waals surface area contributed by atoms with Gasteiger partial charge in [0.15, 0.2) is 0 Å². The maximum absolute atomic E-state index is 13.3. The third kappa shape index (κ3) is 4.19. The summed E-state index contributed by atoms with van der Waals surface area (Å²) in [7, 11) is 1.57. The average molecular weight is 430 g/mol. The smallest absolute Gasteiger partial charge is 0.263 e. The molecule has 0 aromatic heterocycles. The van der Waals surface area contributed by atoms with Crippen molar-refractivity contribution in [2.24, 2.45) is 5.92 Å². The Morgan fingerprint density at radius 3 is 2.61 bits per heavy atom. The molecule has 0 spiro atoms. The minimum absolute atomic E-state index is 0.113. The van der Waals surface area contributed by atoms with Gasteiger partial charge in [0.1, 0.15) is 0 Å². The Kier molecular flexibility index (Phi) is 6.03. The molecule has 168 valence electrons. The van der Waals surface area contributed by atoms with E-state index in [0.29, 0.717) is 44.0 Å². The number of nitrogens with zero attached hydrogens (tertiary/aromatic N) is 3. The maximum Gasteiger partial charge on any atom is 0.263 e. The molecule has 3 aliphatic heterocycles. The van der Waals surface area contributed by atoms with Crippen LogP contribution in [0, 0.1) is 5.92 Å². The summed E-state index contributed by atoms with van der Waals surface area (Å²) >= 11 is 0. The van der Waals surface area contributed by atoms with Crippen LogP contribution in [0.3, 0.4) is 0 Å². The van der Waals surface area contributed by atoms with Gasteiger partial charge in [-0.25, -0.2) is 0 Å². The molecule has 31 heavy (non-hydrogen) atoms. The Morgan fingerprint density at radius 1 is 1.16 bits per heavy atom. The molecule has 3 heterocycles. The normalized spacial score (nSPS) is 22.2. The fourth-order valence-corrected chi connectivity index (χ4v) is 4.61. The van der Waals surface area contributed by atoms with E-state index in [4.69, 9.17) is 9.47 Å². The second-order valence-corrected chi connectivity index (χ2v) is 9.08. The molecule has 1 aromatic rings. The Morgan fingerprint density at radius 2 is 1.90 bits per heavy atom. The van der Waals surface area contributed by atoms with Crippen LogP contribution in [0.25, 0.3) is 0 Å². The van der Waals surface area contributed by atoms with Gasteiger partial charge in [0.2, 0.25) is 5.91 Å². The van der Waals surface area contributed by atoms with Gasteiger partial charge in [-0.05, 0) is 38.8 Å². The molecule has 2 saturated heterocycles. The van der Waals surface area contributed by atoms with Crippen molar-refractivity contribution in [1.29, 1.82) is 0 Å². The third-order valence-electron chi connectivity index (χ3n) is 6.50. The highest BCUT2D eigenvalue weighted by Crippen LogP contribution is 2.35. The number of carbonyl (C=O) groups excluding carboxylic acids is 3. The van der Waals surface area contributed by atoms with Gasteiger partial charge in [-0.1, -0.05) is 6.07 Å². The summed E-state index contributed by atoms with van der Waals surface area (Å²) in [5.74, 6) is -0.530. The monoisotopic (exact) mass is 429 g/mol. The number of piperidine rings is 1. The maximum atomic E-state index is 13.3. The summed E-state index contributed by atoms with van der Waals surface area (Å²) in [5.41, 5.74) is 0.983. The number of hydrogen-bond donors (Lipinski definition) is 0. The van der Waals surface area contributed by atoms with Crippen molar-refractivity contribution in [1.82, 2.24) is 9.80 Å². The topological polar surface area (TPSA) is 79.4 Å². The highest BCUT2D eigenvalue weighted by Gasteiger charge is 2.41. The van der Waals surface area contributed by atoms with E-state index in [9.17, 15) is 14.4 Å². The van der Waals surface area contributed by atoms with E-state index in [2.05, 4.69) is 4.90 Å². The minimum atomic E-state index is -0.631. The van der Waals surface area contributed by atoms with Gasteiger partial charge in [0.25, 0.3) is 11.8 Å². The second-order valence-electron chi connectivity index (χ2n) is 9.08. The van der Waals surface area contributed by atoms with Crippen molar-refractivity contribution in [2.45, 2.75) is 32.3 Å². The van der Waals surface area contributed by atoms with Gasteiger partial charge in [0.05, 0.1) is 48.1 Å². The SMILES string of the molecule is COC(C)(C)CN1C(=O)c2cccc(N3CCCC(C(=O)N4CCOCC4)C3)c2C1=O. The Bertz CT molecular complexity index is 878. The lowest BCUT2D eigenvalue weighted by Crippen LogP contribution is -2.48. The first-order valence-corrected chi connectivity index (χ1v) is 11.0. The first kappa shape index (κ1) is 21.8. The minimum Gasteiger partial charge on any atom is -0.378 e. The number of ether oxygens (including phenoxy) is 2. The van der Waals surface area contributed by atoms with E-state index in [-0.39, 0.29) is 30.2 Å². The molecular weight excluding hydrogens is 398 g/mol. The highest BCUT2D eigenvalue weighted by molar-refractivity contribution is 6.23. The molecular formula is C23H31N3O5. The molecule has 3 amide bonds. The quantitative estimate of drug-likeness (QED) is 0.664. The predicted octanol–water partition coefficient (Wildman–Crippen LogP) is 1.78. The van der Waals surface area contributed by atoms with E-state index in [1.807, 2.05) is 30.9 Å². The largest absolute Gasteiger partial charge is 0.378 e. The van der Waals surface area contributed by atoms with Crippen LogP contribution < -0.4 is 4.90 Å². The van der Waals surface area contributed by atoms with Crippen LogP contribution in [0.4, 0.5) is 5.69 Å². The lowest BCUT2D eigenvalue weighted by atomic mass is 9.94. The van der Waals surface area contributed by atoms with E-state index in [1.165, 1.54) is 4.90 Å². The fourth-order valence-electron chi connectivity index (χ4n) is 4.61. The number of benzene rings is 1. The van der Waals surface area contributed by atoms with Gasteiger partial charge in [-0.3, -0.25) is 19.3 Å². The molecule has 8 nitrogen and oxygen atoms in total. The van der Waals surface area contributed by atoms with Crippen molar-refractivity contribution >= 4 is 23.4 Å². The summed E-state index contributed by atoms with van der Waals surface area (Å²) in [4.78, 5) is 44.5. The zero-order valence-corrected chi connectivity index (χ0v) is 18.6. The number of anilines is 1. The number of imide groups is 1. The number of hydrogen-bond acceptors (Lipinski definition) is 6. The van der Waals surface area contributed by atoms with Crippen molar-refractivity contribution in [3.63, 3.8) is 0 Å². The fraction of sp³-hybridized carbons (Fsp3) is 0.609. The summed E-state index contributed by atoms with van der Waals surface area (Å²) in [6.07, 6.45) is 1.70. The number of fused-ring (bicyclic) bond motifs is 1. The van der Waals surface area contributed by atoms with Crippen LogP contribution in [-0.4, -0.2) is 86.2 Å². The van der Waals surface area contributed by atoms with Crippen molar-refractivity contribution in [3.05, 3.63) is 29.3 Å². The molecule has 0 N–H and O–H groups in total. The average Bonchev–Trinajstić information content (AvgIpc) is 3.04. The number of morpholine rings is 1. The van der Waals surface area contributed by atoms with E-state index in [0.717, 1.165) is 25.1 Å². The van der Waals surface area contributed by atoms with Crippen molar-refractivity contribution in [3.8, 4) is 0 Å². The van der Waals surface area contributed by atoms with Crippen LogP contribution in [0.15, 0.2) is 18.2 Å². The summed E-state index contributed by atoms with van der Waals surface area (Å²) in [5, 5.41) is 0. The molecule has 0 radical (unpaired) electrons. The number of amides is 3. The standard InChI is InChI=1S/C23H31N3O5/c1-23(2,30-3)15-26-21(28)17-7-4-8-18(19(17)22(26)29)25-9-5-6-16(14-25)20(27)24-10-12-31-13-11-24/h4,7-8,16H,5-6,9-15H2,1-3H3. The lowest BCUT2D eigenvalue weighted by Gasteiger charge is -2.37. The van der Waals surface area contributed by atoms with Gasteiger partial charge in [-0.15, -0.1) is 0 Å². The molecule has 0 saturated carbocycles. The van der Waals surface area contributed by atoms with Gasteiger partial charge in [-0.2, -0.15) is 0 Å². The lowest BCUT2D eigenvalue weighted by molar-refractivity contribution is -0.139. The molecule has 0 bridgehead atoms. The molecule has 1 unspecified atom stereocenters. The zero-order valence-electron chi connectivity index (χ0n) is 18.6. The van der Waals surface area contributed by atoms with Gasteiger partial charge in [0, 0.05) is 33.3 Å². The van der Waals surface area contributed by atoms with Crippen molar-refractivity contribution < 1.29 is 23.9 Å². The van der Waals surface area contributed by atoms with Crippen LogP contribution in [0.2, 0.25) is 0 Å². The van der Waals surface area contributed by atoms with Gasteiger partial charge < -0.3 is 19.3 Å². The molecule has 1 aromatic carbocycles. The number of methoxy groups -OCH3 is 1. The van der Waals surface area contributed by atoms with Crippen LogP contribution in [-0.2, 0) is 14.3 Å². The molecule has 8 heteroatoms. The molecule has 3 aliphatic rings. The van der Waals surface area contributed by atoms with Crippen molar-refractivity contribution in [2.75, 3.05) is 57.9 Å². The Labute approximate surface area is 183 Å². The second kappa shape index (κ2) is 8.59. The summed E-state index contributed by atoms with van der Waals surface area (Å²) < 4.78 is 10.8. The number of rotatable bonds is 5. The first-order valence-electron chi connectivity index (χ1n) is 11.0. The Balaban J connectivity index is 1.56. The van der Waals surface area contributed by atoms with E-state index >= 15 is 0 Å². The molecule has 1 atom stereocenters. The van der Waals surface area contributed by atoms with E-state index in [1.54, 1.807) is 13.2 Å². The van der Waals surface area contributed by atoms with Crippen LogP contribution in [0.5, 0.6) is 0 Å². The first-order chi connectivity index (χ1) is 14.8. The molecule has 0 aliphatic carbocycles. The predicted molar refractivity (Wildman–Crippen MR) is 115 cm³/mol. The van der Waals surface area contributed by atoms with E-state index < -0.39 is 5.60 Å².